The maximum atomic E-state index is 13.9. The molecule has 2 aromatic rings. The first kappa shape index (κ1) is 24.9. The third-order valence-electron chi connectivity index (χ3n) is 7.15. The fourth-order valence-corrected chi connectivity index (χ4v) is 5.25. The predicted molar refractivity (Wildman–Crippen MR) is 135 cm³/mol. The van der Waals surface area contributed by atoms with Gasteiger partial charge in [0.05, 0.1) is 6.61 Å². The number of hydrogen-bond acceptors (Lipinski definition) is 6. The van der Waals surface area contributed by atoms with Gasteiger partial charge in [0, 0.05) is 37.5 Å². The maximum absolute atomic E-state index is 13.9. The molecule has 1 aromatic carbocycles. The van der Waals surface area contributed by atoms with Crippen LogP contribution in [0.3, 0.4) is 0 Å². The summed E-state index contributed by atoms with van der Waals surface area (Å²) in [6.45, 7) is 1.52. The number of rotatable bonds is 0. The number of halogens is 1. The molecule has 0 aliphatic carbocycles. The van der Waals surface area contributed by atoms with E-state index in [-0.39, 0.29) is 24.0 Å². The average Bonchev–Trinajstić information content (AvgIpc) is 3.37. The van der Waals surface area contributed by atoms with Gasteiger partial charge in [-0.25, -0.2) is 4.39 Å². The van der Waals surface area contributed by atoms with Gasteiger partial charge in [-0.2, -0.15) is 0 Å². The lowest BCUT2D eigenvalue weighted by atomic mass is 10.1. The molecule has 1 aromatic heterocycles. The third-order valence-corrected chi connectivity index (χ3v) is 7.15. The van der Waals surface area contributed by atoms with Crippen LogP contribution < -0.4 is 20.5 Å². The average molecular weight is 511 g/mol. The monoisotopic (exact) mass is 510 g/mol. The molecule has 2 N–H and O–H groups in total. The number of carbonyl (C=O) groups is 2. The Morgan fingerprint density at radius 2 is 1.86 bits per heavy atom. The standard InChI is InChI=1S/C27H31FN4O5/c28-19-11-10-18-16-29-26(35)20-17-32-23(25(34)24(20)33)27(36)30-12-8-9-22(30)31(32)13-6-4-2-1-3-5-7-14-37-21(18)15-19/h3,5,10-11,15,17,22,34H,1-2,4,6-9,12-14,16H2,(H,29,35)/b5-3+/t22-/m0/s1. The highest BCUT2D eigenvalue weighted by Gasteiger charge is 2.42. The highest BCUT2D eigenvalue weighted by molar-refractivity contribution is 5.99. The van der Waals surface area contributed by atoms with Gasteiger partial charge < -0.3 is 20.1 Å². The van der Waals surface area contributed by atoms with E-state index >= 15 is 0 Å². The van der Waals surface area contributed by atoms with Crippen LogP contribution in [0.1, 0.15) is 71.4 Å². The Balaban J connectivity index is 1.51. The van der Waals surface area contributed by atoms with E-state index in [2.05, 4.69) is 11.4 Å². The number of nitrogens with zero attached hydrogens (tertiary/aromatic N) is 3. The molecule has 4 heterocycles. The van der Waals surface area contributed by atoms with Gasteiger partial charge in [-0.1, -0.05) is 24.6 Å². The van der Waals surface area contributed by atoms with Gasteiger partial charge in [0.1, 0.15) is 23.3 Å². The topological polar surface area (TPSA) is 104 Å². The number of ether oxygens (including phenoxy) is 1. The minimum absolute atomic E-state index is 0.00864. The van der Waals surface area contributed by atoms with Crippen LogP contribution in [0.2, 0.25) is 0 Å². The second kappa shape index (κ2) is 10.7. The summed E-state index contributed by atoms with van der Waals surface area (Å²) in [5, 5.41) is 15.5. The number of aromatic nitrogens is 1. The van der Waals surface area contributed by atoms with E-state index in [1.807, 2.05) is 11.1 Å². The van der Waals surface area contributed by atoms with Crippen LogP contribution in [-0.2, 0) is 6.54 Å². The number of allylic oxidation sites excluding steroid dienone is 1. The highest BCUT2D eigenvalue weighted by Crippen LogP contribution is 2.31. The first-order valence-corrected chi connectivity index (χ1v) is 12.9. The van der Waals surface area contributed by atoms with E-state index in [1.165, 1.54) is 29.1 Å². The fraction of sp³-hybridized carbons (Fsp3) is 0.444. The molecule has 1 fully saturated rings. The molecule has 3 aliphatic rings. The quantitative estimate of drug-likeness (QED) is 0.528. The number of aromatic hydroxyl groups is 1. The fourth-order valence-electron chi connectivity index (χ4n) is 5.25. The van der Waals surface area contributed by atoms with Crippen molar-refractivity contribution >= 4 is 11.8 Å². The summed E-state index contributed by atoms with van der Waals surface area (Å²) in [5.41, 5.74) is -0.723. The van der Waals surface area contributed by atoms with E-state index in [1.54, 1.807) is 4.90 Å². The van der Waals surface area contributed by atoms with Crippen molar-refractivity contribution in [2.24, 2.45) is 0 Å². The first-order chi connectivity index (χ1) is 18.0. The van der Waals surface area contributed by atoms with Gasteiger partial charge in [0.2, 0.25) is 5.43 Å². The molecule has 37 heavy (non-hydrogen) atoms. The van der Waals surface area contributed by atoms with Crippen LogP contribution in [0, 0.1) is 5.82 Å². The molecule has 0 radical (unpaired) electrons. The highest BCUT2D eigenvalue weighted by atomic mass is 19.1. The summed E-state index contributed by atoms with van der Waals surface area (Å²) in [6.07, 6.45) is 11.3. The molecule has 10 heteroatoms. The molecule has 3 aliphatic heterocycles. The van der Waals surface area contributed by atoms with Crippen LogP contribution in [0.4, 0.5) is 4.39 Å². The molecular weight excluding hydrogens is 479 g/mol. The van der Waals surface area contributed by atoms with Gasteiger partial charge in [-0.3, -0.25) is 24.1 Å². The molecule has 196 valence electrons. The van der Waals surface area contributed by atoms with Crippen molar-refractivity contribution in [2.75, 3.05) is 24.7 Å². The number of fused-ring (bicyclic) bond motifs is 4. The van der Waals surface area contributed by atoms with Crippen molar-refractivity contribution < 1.29 is 23.8 Å². The minimum atomic E-state index is -0.901. The Kier molecular flexibility index (Phi) is 7.16. The smallest absolute Gasteiger partial charge is 0.278 e. The predicted octanol–water partition coefficient (Wildman–Crippen LogP) is 3.04. The lowest BCUT2D eigenvalue weighted by molar-refractivity contribution is 0.0643. The Bertz CT molecular complexity index is 1290. The SMILES string of the molecule is O=C1NCc2ccc(F)cc2OCC/C=C/CCCCCN2[C@H]3CCCN3C(=O)c3c(O)c(=O)c1cn32. The molecule has 0 unspecified atom stereocenters. The van der Waals surface area contributed by atoms with Crippen molar-refractivity contribution in [3.05, 3.63) is 69.4 Å². The Labute approximate surface area is 214 Å². The van der Waals surface area contributed by atoms with Crippen molar-refractivity contribution in [2.45, 2.75) is 57.7 Å². The summed E-state index contributed by atoms with van der Waals surface area (Å²) in [7, 11) is 0. The van der Waals surface area contributed by atoms with E-state index in [9.17, 15) is 23.9 Å². The molecular formula is C27H31FN4O5. The molecule has 0 spiro atoms. The molecule has 9 nitrogen and oxygen atoms in total. The zero-order valence-corrected chi connectivity index (χ0v) is 20.6. The molecule has 2 amide bonds. The molecule has 1 atom stereocenters. The zero-order valence-electron chi connectivity index (χ0n) is 20.6. The Hall–Kier alpha value is -3.82. The largest absolute Gasteiger partial charge is 0.502 e. The van der Waals surface area contributed by atoms with Crippen molar-refractivity contribution in [1.29, 1.82) is 0 Å². The van der Waals surface area contributed by atoms with E-state index in [4.69, 9.17) is 4.74 Å². The van der Waals surface area contributed by atoms with Crippen molar-refractivity contribution in [3.8, 4) is 11.5 Å². The number of amides is 2. The first-order valence-electron chi connectivity index (χ1n) is 12.9. The molecule has 1 saturated heterocycles. The number of pyridine rings is 1. The van der Waals surface area contributed by atoms with Crippen LogP contribution in [0.25, 0.3) is 0 Å². The number of benzene rings is 1. The molecule has 2 bridgehead atoms. The van der Waals surface area contributed by atoms with E-state index in [0.29, 0.717) is 37.4 Å². The van der Waals surface area contributed by atoms with E-state index < -0.39 is 28.8 Å². The lowest BCUT2D eigenvalue weighted by Gasteiger charge is -2.43. The lowest BCUT2D eigenvalue weighted by Crippen LogP contribution is -2.59. The number of nitrogens with one attached hydrogen (secondary N) is 1. The summed E-state index contributed by atoms with van der Waals surface area (Å²) >= 11 is 0. The second-order valence-electron chi connectivity index (χ2n) is 9.59. The third kappa shape index (κ3) is 4.92. The Morgan fingerprint density at radius 1 is 1.03 bits per heavy atom. The van der Waals surface area contributed by atoms with Crippen molar-refractivity contribution in [3.63, 3.8) is 0 Å². The molecule has 0 saturated carbocycles. The van der Waals surface area contributed by atoms with Crippen LogP contribution >= 0.6 is 0 Å². The van der Waals surface area contributed by atoms with Gasteiger partial charge in [-0.15, -0.1) is 0 Å². The Morgan fingerprint density at radius 3 is 2.73 bits per heavy atom. The van der Waals surface area contributed by atoms with Crippen LogP contribution in [0.5, 0.6) is 11.5 Å². The summed E-state index contributed by atoms with van der Waals surface area (Å²) < 4.78 is 21.1. The van der Waals surface area contributed by atoms with Gasteiger partial charge in [0.15, 0.2) is 11.4 Å². The van der Waals surface area contributed by atoms with Crippen molar-refractivity contribution in [1.82, 2.24) is 14.9 Å². The second-order valence-corrected chi connectivity index (χ2v) is 9.59. The van der Waals surface area contributed by atoms with Crippen LogP contribution in [0.15, 0.2) is 41.3 Å². The summed E-state index contributed by atoms with van der Waals surface area (Å²) in [4.78, 5) is 41.0. The summed E-state index contributed by atoms with van der Waals surface area (Å²) in [5.74, 6) is -1.97. The number of carbonyl (C=O) groups excluding carboxylic acids is 2. The van der Waals surface area contributed by atoms with Crippen LogP contribution in [-0.4, -0.2) is 52.4 Å². The van der Waals surface area contributed by atoms with Gasteiger partial charge in [0.25, 0.3) is 11.8 Å². The van der Waals surface area contributed by atoms with E-state index in [0.717, 1.165) is 38.5 Å². The van der Waals surface area contributed by atoms with Gasteiger partial charge >= 0.3 is 0 Å². The number of hydrogen-bond donors (Lipinski definition) is 2. The maximum Gasteiger partial charge on any atom is 0.278 e. The zero-order chi connectivity index (χ0) is 25.9. The van der Waals surface area contributed by atoms with Gasteiger partial charge in [-0.05, 0) is 44.6 Å². The normalized spacial score (nSPS) is 21.6. The minimum Gasteiger partial charge on any atom is -0.502 e. The summed E-state index contributed by atoms with van der Waals surface area (Å²) in [6, 6.07) is 4.07. The molecule has 5 rings (SSSR count).